The summed E-state index contributed by atoms with van der Waals surface area (Å²) in [6.45, 7) is 0. The van der Waals surface area contributed by atoms with Crippen LogP contribution >= 0.6 is 21.6 Å². The molecular weight excluding hydrogens is 476 g/mol. The van der Waals surface area contributed by atoms with Crippen molar-refractivity contribution < 1.29 is 44.3 Å². The fourth-order valence-electron chi connectivity index (χ4n) is 4.64. The number of benzene rings is 1. The molecule has 0 unspecified atom stereocenters. The van der Waals surface area contributed by atoms with Crippen LogP contribution < -0.4 is 14.8 Å². The van der Waals surface area contributed by atoms with Crippen molar-refractivity contribution in [2.75, 3.05) is 14.2 Å². The number of nitrogens with zero attached hydrogens (tertiary/aromatic N) is 1. The summed E-state index contributed by atoms with van der Waals surface area (Å²) in [5, 5.41) is 45.3. The van der Waals surface area contributed by atoms with Crippen LogP contribution in [0.4, 0.5) is 0 Å². The third kappa shape index (κ3) is 3.07. The van der Waals surface area contributed by atoms with Gasteiger partial charge in [-0.2, -0.15) is 5.06 Å². The second-order valence-electron chi connectivity index (χ2n) is 8.24. The number of aliphatic hydroxyl groups is 3. The molecule has 4 saturated heterocycles. The smallest absolute Gasteiger partial charge is 0.272 e. The molecule has 4 heterocycles. The van der Waals surface area contributed by atoms with Crippen molar-refractivity contribution in [2.45, 2.75) is 46.5 Å². The van der Waals surface area contributed by atoms with Crippen molar-refractivity contribution in [3.05, 3.63) is 29.8 Å². The first-order valence-electron chi connectivity index (χ1n) is 10.0. The molecule has 6 rings (SSSR count). The number of amides is 2. The molecule has 5 N–H and O–H groups in total. The van der Waals surface area contributed by atoms with Crippen LogP contribution in [0, 0.1) is 0 Å². The third-order valence-electron chi connectivity index (χ3n) is 6.36. The Hall–Kier alpha value is -2.16. The van der Waals surface area contributed by atoms with Crippen LogP contribution in [-0.2, 0) is 14.4 Å². The van der Waals surface area contributed by atoms with Crippen LogP contribution in [0.2, 0.25) is 0 Å². The number of carbonyl (C=O) groups excluding carboxylic acids is 2. The van der Waals surface area contributed by atoms with Gasteiger partial charge in [-0.15, -0.1) is 0 Å². The standard InChI is InChI=1S/C20H22N2O9S2/c1-29-10-4-3-8(12(24)14(10)30-2)15-11-17(26)22-20(33-32-15,18(27)21-11)7-19(28)6-5-9(23)13(25)16(19)31-22/h3-6,9,11,13,15-16,23-25,28H,7H2,1-2H3,(H,21,27)/t9-,11-,13-,15+,16+,19-,20-/m1/s1. The number of hydroxylamine groups is 2. The number of rotatable bonds is 3. The summed E-state index contributed by atoms with van der Waals surface area (Å²) in [5.74, 6) is -0.993. The summed E-state index contributed by atoms with van der Waals surface area (Å²) in [6, 6.07) is 2.06. The highest BCUT2D eigenvalue weighted by Crippen LogP contribution is 2.60. The molecule has 1 aromatic carbocycles. The third-order valence-corrected chi connectivity index (χ3v) is 9.70. The molecule has 4 aliphatic heterocycles. The van der Waals surface area contributed by atoms with Crippen molar-refractivity contribution in [3.8, 4) is 17.2 Å². The molecular formula is C20H22N2O9S2. The van der Waals surface area contributed by atoms with E-state index in [2.05, 4.69) is 5.32 Å². The van der Waals surface area contributed by atoms with Crippen LogP contribution in [0.5, 0.6) is 17.2 Å². The maximum absolute atomic E-state index is 13.5. The highest BCUT2D eigenvalue weighted by Gasteiger charge is 2.68. The van der Waals surface area contributed by atoms with Crippen molar-refractivity contribution in [2.24, 2.45) is 0 Å². The molecule has 33 heavy (non-hydrogen) atoms. The molecule has 11 nitrogen and oxygen atoms in total. The number of fused-ring (bicyclic) bond motifs is 4. The fraction of sp³-hybridized carbons (Fsp3) is 0.500. The van der Waals surface area contributed by atoms with Gasteiger partial charge in [-0.1, -0.05) is 39.8 Å². The highest BCUT2D eigenvalue weighted by molar-refractivity contribution is 8.77. The number of hydrogen-bond acceptors (Lipinski definition) is 11. The molecule has 1 aromatic rings. The molecule has 1 spiro atoms. The number of methoxy groups -OCH3 is 2. The summed E-state index contributed by atoms with van der Waals surface area (Å²) in [6.07, 6.45) is -1.88. The van der Waals surface area contributed by atoms with Crippen molar-refractivity contribution in [3.63, 3.8) is 0 Å². The fourth-order valence-corrected chi connectivity index (χ4v) is 8.16. The summed E-state index contributed by atoms with van der Waals surface area (Å²) in [7, 11) is 5.00. The first-order chi connectivity index (χ1) is 15.7. The molecule has 2 bridgehead atoms. The Morgan fingerprint density at radius 2 is 2.00 bits per heavy atom. The Morgan fingerprint density at radius 3 is 2.70 bits per heavy atom. The number of ether oxygens (including phenoxy) is 2. The first kappa shape index (κ1) is 22.6. The van der Waals surface area contributed by atoms with E-state index in [0.717, 1.165) is 15.9 Å². The molecule has 0 saturated carbocycles. The maximum Gasteiger partial charge on any atom is 0.272 e. The van der Waals surface area contributed by atoms with Crippen molar-refractivity contribution in [1.29, 1.82) is 0 Å². The van der Waals surface area contributed by atoms with Crippen LogP contribution in [0.1, 0.15) is 17.2 Å². The number of aliphatic hydroxyl groups excluding tert-OH is 2. The molecule has 0 aromatic heterocycles. The zero-order chi connectivity index (χ0) is 23.7. The molecule has 2 amide bonds. The number of piperazine rings is 1. The van der Waals surface area contributed by atoms with Crippen LogP contribution in [0.25, 0.3) is 0 Å². The first-order valence-corrected chi connectivity index (χ1v) is 12.3. The van der Waals surface area contributed by atoms with Gasteiger partial charge in [-0.25, -0.2) is 0 Å². The van der Waals surface area contributed by atoms with Gasteiger partial charge in [-0.05, 0) is 6.07 Å². The van der Waals surface area contributed by atoms with E-state index in [9.17, 15) is 30.0 Å². The maximum atomic E-state index is 13.5. The summed E-state index contributed by atoms with van der Waals surface area (Å²) in [5.41, 5.74) is -1.45. The number of phenols is 1. The Labute approximate surface area is 196 Å². The van der Waals surface area contributed by atoms with Gasteiger partial charge in [0.1, 0.15) is 30.0 Å². The van der Waals surface area contributed by atoms with Gasteiger partial charge in [0.15, 0.2) is 11.5 Å². The second kappa shape index (κ2) is 7.68. The number of aromatic hydroxyl groups is 1. The molecule has 13 heteroatoms. The number of carbonyl (C=O) groups is 2. The second-order valence-corrected chi connectivity index (χ2v) is 10.9. The van der Waals surface area contributed by atoms with Crippen LogP contribution in [-0.4, -0.2) is 86.3 Å². The zero-order valence-corrected chi connectivity index (χ0v) is 19.1. The minimum atomic E-state index is -1.79. The minimum absolute atomic E-state index is 0.0906. The number of nitrogens with one attached hydrogen (secondary N) is 1. The monoisotopic (exact) mass is 498 g/mol. The SMILES string of the molecule is COc1ccc([C@@H]2SS[C@@]34C[C@]5(O)C=C[C@@H](O)[C@@H](O)[C@@H]5ON3C(=O)[C@@H]2NC4=O)c(O)c1OC. The quantitative estimate of drug-likeness (QED) is 0.273. The van der Waals surface area contributed by atoms with Gasteiger partial charge in [0, 0.05) is 12.0 Å². The lowest BCUT2D eigenvalue weighted by Gasteiger charge is -2.55. The molecule has 4 fully saturated rings. The molecule has 5 aliphatic rings. The van der Waals surface area contributed by atoms with E-state index in [4.69, 9.17) is 14.3 Å². The minimum Gasteiger partial charge on any atom is -0.504 e. The van der Waals surface area contributed by atoms with Gasteiger partial charge in [0.2, 0.25) is 10.6 Å². The van der Waals surface area contributed by atoms with Crippen molar-refractivity contribution in [1.82, 2.24) is 10.4 Å². The molecule has 1 aliphatic carbocycles. The van der Waals surface area contributed by atoms with Gasteiger partial charge < -0.3 is 35.2 Å². The van der Waals surface area contributed by atoms with E-state index in [1.54, 1.807) is 12.1 Å². The van der Waals surface area contributed by atoms with E-state index in [0.29, 0.717) is 11.3 Å². The summed E-state index contributed by atoms with van der Waals surface area (Å²) >= 11 is 0. The van der Waals surface area contributed by atoms with Crippen molar-refractivity contribution >= 4 is 33.4 Å². The van der Waals surface area contributed by atoms with Gasteiger partial charge in [0.25, 0.3) is 11.8 Å². The normalized spacial score (nSPS) is 39.4. The van der Waals surface area contributed by atoms with Crippen LogP contribution in [0.3, 0.4) is 0 Å². The van der Waals surface area contributed by atoms with Gasteiger partial charge in [-0.3, -0.25) is 14.4 Å². The average Bonchev–Trinajstić information content (AvgIpc) is 2.99. The molecule has 0 radical (unpaired) electrons. The molecule has 178 valence electrons. The lowest BCUT2D eigenvalue weighted by atomic mass is 9.78. The number of phenolic OH excluding ortho intramolecular Hbond substituents is 1. The Bertz CT molecular complexity index is 1050. The van der Waals surface area contributed by atoms with Crippen LogP contribution in [0.15, 0.2) is 24.3 Å². The Morgan fingerprint density at radius 1 is 1.24 bits per heavy atom. The lowest BCUT2D eigenvalue weighted by molar-refractivity contribution is -0.314. The Kier molecular flexibility index (Phi) is 5.27. The Balaban J connectivity index is 1.57. The van der Waals surface area contributed by atoms with E-state index in [1.165, 1.54) is 37.2 Å². The zero-order valence-electron chi connectivity index (χ0n) is 17.5. The largest absolute Gasteiger partial charge is 0.504 e. The topological polar surface area (TPSA) is 158 Å². The summed E-state index contributed by atoms with van der Waals surface area (Å²) in [4.78, 5) is 30.9. The van der Waals surface area contributed by atoms with E-state index >= 15 is 0 Å². The van der Waals surface area contributed by atoms with Gasteiger partial charge >= 0.3 is 0 Å². The summed E-state index contributed by atoms with van der Waals surface area (Å²) < 4.78 is 10.5. The highest BCUT2D eigenvalue weighted by atomic mass is 33.1. The lowest BCUT2D eigenvalue weighted by Crippen LogP contribution is -2.76. The average molecular weight is 499 g/mol. The van der Waals surface area contributed by atoms with E-state index < -0.39 is 51.9 Å². The predicted molar refractivity (Wildman–Crippen MR) is 116 cm³/mol. The van der Waals surface area contributed by atoms with Gasteiger partial charge in [0.05, 0.1) is 19.5 Å². The number of hydrogen-bond donors (Lipinski definition) is 5. The van der Waals surface area contributed by atoms with E-state index in [1.807, 2.05) is 0 Å². The molecule has 7 atom stereocenters. The van der Waals surface area contributed by atoms with E-state index in [-0.39, 0.29) is 17.9 Å². The predicted octanol–water partition coefficient (Wildman–Crippen LogP) is -0.405.